The monoisotopic (exact) mass is 396 g/mol. The van der Waals surface area contributed by atoms with E-state index in [1.165, 1.54) is 63.5 Å². The average Bonchev–Trinajstić information content (AvgIpc) is 2.66. The van der Waals surface area contributed by atoms with Crippen LogP contribution in [-0.2, 0) is 0 Å². The van der Waals surface area contributed by atoms with Crippen LogP contribution in [0.1, 0.15) is 88.2 Å². The molecule has 3 rings (SSSR count). The van der Waals surface area contributed by atoms with E-state index in [0.717, 1.165) is 42.2 Å². The fourth-order valence-corrected chi connectivity index (χ4v) is 4.99. The van der Waals surface area contributed by atoms with Crippen LogP contribution in [0.4, 0.5) is 17.6 Å². The normalized spacial score (nSPS) is 29.3. The molecule has 1 aromatic rings. The number of allylic oxidation sites excluding steroid dienone is 1. The molecule has 0 spiro atoms. The van der Waals surface area contributed by atoms with E-state index >= 15 is 0 Å². The van der Waals surface area contributed by atoms with Gasteiger partial charge in [0.1, 0.15) is 5.82 Å². The number of rotatable bonds is 5. The minimum absolute atomic E-state index is 0.00318. The van der Waals surface area contributed by atoms with Gasteiger partial charge in [-0.15, -0.1) is 0 Å². The first kappa shape index (κ1) is 21.4. The Morgan fingerprint density at radius 3 is 2.00 bits per heavy atom. The molecule has 2 aliphatic rings. The van der Waals surface area contributed by atoms with Crippen LogP contribution < -0.4 is 0 Å². The second-order valence-electron chi connectivity index (χ2n) is 9.08. The first-order valence-corrected chi connectivity index (χ1v) is 10.9. The van der Waals surface area contributed by atoms with Crippen molar-refractivity contribution in [3.05, 3.63) is 41.2 Å². The van der Waals surface area contributed by atoms with Crippen molar-refractivity contribution in [2.45, 2.75) is 83.2 Å². The molecule has 0 atom stereocenters. The lowest BCUT2D eigenvalue weighted by Crippen LogP contribution is -2.17. The van der Waals surface area contributed by atoms with Gasteiger partial charge in [-0.1, -0.05) is 57.6 Å². The molecule has 0 aliphatic heterocycles. The van der Waals surface area contributed by atoms with E-state index in [0.29, 0.717) is 5.92 Å². The lowest BCUT2D eigenvalue weighted by Gasteiger charge is -2.31. The van der Waals surface area contributed by atoms with E-state index in [-0.39, 0.29) is 11.6 Å². The van der Waals surface area contributed by atoms with Crippen LogP contribution in [0.5, 0.6) is 0 Å². The molecule has 0 heterocycles. The SMILES string of the molecule is CC1CCC(CCC2CCC(c3ccc(/C=C/C(F)(F)F)c(F)c3)CC2)CC1. The van der Waals surface area contributed by atoms with Gasteiger partial charge >= 0.3 is 6.18 Å². The third-order valence-corrected chi connectivity index (χ3v) is 6.91. The molecule has 2 saturated carbocycles. The van der Waals surface area contributed by atoms with Crippen molar-refractivity contribution >= 4 is 6.08 Å². The van der Waals surface area contributed by atoms with Gasteiger partial charge in [0.05, 0.1) is 0 Å². The highest BCUT2D eigenvalue weighted by Crippen LogP contribution is 2.40. The molecule has 1 aromatic carbocycles. The molecule has 28 heavy (non-hydrogen) atoms. The first-order valence-electron chi connectivity index (χ1n) is 10.9. The van der Waals surface area contributed by atoms with Gasteiger partial charge in [0.15, 0.2) is 0 Å². The minimum atomic E-state index is -4.42. The summed E-state index contributed by atoms with van der Waals surface area (Å²) in [6.45, 7) is 2.36. The van der Waals surface area contributed by atoms with Crippen LogP contribution >= 0.6 is 0 Å². The zero-order chi connectivity index (χ0) is 20.1. The summed E-state index contributed by atoms with van der Waals surface area (Å²) < 4.78 is 51.0. The predicted molar refractivity (Wildman–Crippen MR) is 107 cm³/mol. The van der Waals surface area contributed by atoms with Gasteiger partial charge in [-0.2, -0.15) is 13.2 Å². The molecule has 0 bridgehead atoms. The largest absolute Gasteiger partial charge is 0.409 e. The van der Waals surface area contributed by atoms with Gasteiger partial charge in [-0.25, -0.2) is 4.39 Å². The Hall–Kier alpha value is -1.32. The maximum atomic E-state index is 14.2. The van der Waals surface area contributed by atoms with Gasteiger partial charge in [-0.3, -0.25) is 0 Å². The molecule has 2 aliphatic carbocycles. The number of hydrogen-bond donors (Lipinski definition) is 0. The van der Waals surface area contributed by atoms with E-state index in [1.54, 1.807) is 6.07 Å². The summed E-state index contributed by atoms with van der Waals surface area (Å²) in [6, 6.07) is 4.71. The minimum Gasteiger partial charge on any atom is -0.206 e. The molecule has 0 nitrogen and oxygen atoms in total. The Labute approximate surface area is 166 Å². The van der Waals surface area contributed by atoms with Crippen LogP contribution in [-0.4, -0.2) is 6.18 Å². The Morgan fingerprint density at radius 1 is 0.893 bits per heavy atom. The van der Waals surface area contributed by atoms with E-state index in [1.807, 2.05) is 0 Å². The smallest absolute Gasteiger partial charge is 0.206 e. The maximum Gasteiger partial charge on any atom is 0.409 e. The molecular weight excluding hydrogens is 364 g/mol. The number of alkyl halides is 3. The molecule has 0 unspecified atom stereocenters. The van der Waals surface area contributed by atoms with Crippen LogP contribution in [0.15, 0.2) is 24.3 Å². The summed E-state index contributed by atoms with van der Waals surface area (Å²) in [6.07, 6.45) is 9.20. The summed E-state index contributed by atoms with van der Waals surface area (Å²) in [5.74, 6) is 2.38. The van der Waals surface area contributed by atoms with Gasteiger partial charge in [0, 0.05) is 11.6 Å². The van der Waals surface area contributed by atoms with Crippen molar-refractivity contribution in [3.63, 3.8) is 0 Å². The third-order valence-electron chi connectivity index (χ3n) is 6.91. The van der Waals surface area contributed by atoms with E-state index in [4.69, 9.17) is 0 Å². The van der Waals surface area contributed by atoms with Crippen molar-refractivity contribution in [2.75, 3.05) is 0 Å². The molecule has 0 radical (unpaired) electrons. The molecule has 0 aromatic heterocycles. The molecule has 156 valence electrons. The summed E-state index contributed by atoms with van der Waals surface area (Å²) in [5.41, 5.74) is 0.929. The topological polar surface area (TPSA) is 0 Å². The second kappa shape index (κ2) is 9.45. The van der Waals surface area contributed by atoms with Gasteiger partial charge < -0.3 is 0 Å². The van der Waals surface area contributed by atoms with Crippen molar-refractivity contribution in [1.29, 1.82) is 0 Å². The van der Waals surface area contributed by atoms with Crippen molar-refractivity contribution in [3.8, 4) is 0 Å². The van der Waals surface area contributed by atoms with E-state index in [2.05, 4.69) is 6.92 Å². The summed E-state index contributed by atoms with van der Waals surface area (Å²) in [7, 11) is 0. The third kappa shape index (κ3) is 6.35. The predicted octanol–water partition coefficient (Wildman–Crippen LogP) is 8.28. The highest BCUT2D eigenvalue weighted by atomic mass is 19.4. The molecule has 0 amide bonds. The number of benzene rings is 1. The summed E-state index contributed by atoms with van der Waals surface area (Å²) in [4.78, 5) is 0. The lowest BCUT2D eigenvalue weighted by molar-refractivity contribution is -0.0790. The van der Waals surface area contributed by atoms with Crippen LogP contribution in [0.2, 0.25) is 0 Å². The lowest BCUT2D eigenvalue weighted by atomic mass is 9.74. The molecule has 4 heteroatoms. The van der Waals surface area contributed by atoms with Gasteiger partial charge in [0.2, 0.25) is 0 Å². The number of halogens is 4. The van der Waals surface area contributed by atoms with Crippen LogP contribution in [0.3, 0.4) is 0 Å². The van der Waals surface area contributed by atoms with Gasteiger partial charge in [-0.05, 0) is 67.1 Å². The van der Waals surface area contributed by atoms with E-state index in [9.17, 15) is 17.6 Å². The second-order valence-corrected chi connectivity index (χ2v) is 9.08. The Bertz CT molecular complexity index is 645. The maximum absolute atomic E-state index is 14.2. The molecule has 0 saturated heterocycles. The number of hydrogen-bond acceptors (Lipinski definition) is 0. The van der Waals surface area contributed by atoms with Crippen LogP contribution in [0, 0.1) is 23.6 Å². The fraction of sp³-hybridized carbons (Fsp3) is 0.667. The zero-order valence-electron chi connectivity index (χ0n) is 16.8. The highest BCUT2D eigenvalue weighted by Gasteiger charge is 2.25. The molecular formula is C24H32F4. The van der Waals surface area contributed by atoms with Crippen molar-refractivity contribution in [1.82, 2.24) is 0 Å². The Kier molecular flexibility index (Phi) is 7.22. The average molecular weight is 397 g/mol. The Balaban J connectivity index is 1.47. The van der Waals surface area contributed by atoms with Crippen molar-refractivity contribution in [2.24, 2.45) is 17.8 Å². The zero-order valence-corrected chi connectivity index (χ0v) is 16.8. The molecule has 0 N–H and O–H groups in total. The first-order chi connectivity index (χ1) is 13.3. The van der Waals surface area contributed by atoms with Crippen LogP contribution in [0.25, 0.3) is 6.08 Å². The molecule has 2 fully saturated rings. The quantitative estimate of drug-likeness (QED) is 0.439. The highest BCUT2D eigenvalue weighted by molar-refractivity contribution is 5.51. The standard InChI is InChI=1S/C24H32F4/c1-17-2-4-18(5-3-17)6-7-19-8-10-20(11-9-19)22-13-12-21(23(25)16-22)14-15-24(26,27)28/h12-20H,2-11H2,1H3/b15-14+. The van der Waals surface area contributed by atoms with Gasteiger partial charge in [0.25, 0.3) is 0 Å². The summed E-state index contributed by atoms with van der Waals surface area (Å²) in [5, 5.41) is 0. The fourth-order valence-electron chi connectivity index (χ4n) is 4.99. The van der Waals surface area contributed by atoms with Crippen molar-refractivity contribution < 1.29 is 17.6 Å². The summed E-state index contributed by atoms with van der Waals surface area (Å²) >= 11 is 0. The Morgan fingerprint density at radius 2 is 1.46 bits per heavy atom. The van der Waals surface area contributed by atoms with E-state index < -0.39 is 12.0 Å².